The second-order valence-electron chi connectivity index (χ2n) is 5.82. The number of hydrogen-bond acceptors (Lipinski definition) is 6. The monoisotopic (exact) mass is 387 g/mol. The average molecular weight is 388 g/mol. The molecule has 0 spiro atoms. The first kappa shape index (κ1) is 19.2. The number of ether oxygens (including phenoxy) is 1. The molecule has 3 rings (SSSR count). The summed E-state index contributed by atoms with van der Waals surface area (Å²) in [4.78, 5) is 8.78. The van der Waals surface area contributed by atoms with Crippen LogP contribution in [0.1, 0.15) is 12.2 Å². The molecule has 0 aliphatic rings. The number of rotatable bonds is 10. The van der Waals surface area contributed by atoms with E-state index in [0.717, 1.165) is 48.4 Å². The number of nitrogens with one attached hydrogen (secondary N) is 3. The molecule has 0 bridgehead atoms. The Hall–Kier alpha value is -2.58. The van der Waals surface area contributed by atoms with E-state index in [4.69, 9.17) is 9.15 Å². The van der Waals surface area contributed by atoms with Gasteiger partial charge in [0.05, 0.1) is 16.5 Å². The number of para-hydroxylation sites is 1. The Bertz CT molecular complexity index is 799. The lowest BCUT2D eigenvalue weighted by atomic mass is 10.3. The van der Waals surface area contributed by atoms with Crippen LogP contribution in [0.15, 0.2) is 52.1 Å². The number of aromatic nitrogens is 1. The van der Waals surface area contributed by atoms with Crippen LogP contribution in [0.3, 0.4) is 0 Å². The van der Waals surface area contributed by atoms with Crippen molar-refractivity contribution < 1.29 is 9.15 Å². The predicted molar refractivity (Wildman–Crippen MR) is 110 cm³/mol. The fourth-order valence-electron chi connectivity index (χ4n) is 2.47. The molecule has 0 unspecified atom stereocenters. The Kier molecular flexibility index (Phi) is 7.49. The van der Waals surface area contributed by atoms with E-state index in [9.17, 15) is 0 Å². The Morgan fingerprint density at radius 1 is 1.15 bits per heavy atom. The van der Waals surface area contributed by atoms with E-state index in [0.29, 0.717) is 13.2 Å². The minimum Gasteiger partial charge on any atom is -0.467 e. The summed E-state index contributed by atoms with van der Waals surface area (Å²) in [6.45, 7) is 3.50. The topological polar surface area (TPSA) is 83.7 Å². The van der Waals surface area contributed by atoms with Gasteiger partial charge in [-0.3, -0.25) is 4.99 Å². The van der Waals surface area contributed by atoms with Crippen LogP contribution in [0.5, 0.6) is 0 Å². The molecule has 3 aromatic rings. The van der Waals surface area contributed by atoms with E-state index in [2.05, 4.69) is 32.0 Å². The van der Waals surface area contributed by atoms with Crippen molar-refractivity contribution >= 4 is 32.6 Å². The molecule has 0 aliphatic heterocycles. The number of nitrogens with zero attached hydrogens (tertiary/aromatic N) is 2. The summed E-state index contributed by atoms with van der Waals surface area (Å²) < 4.78 is 12.0. The van der Waals surface area contributed by atoms with Gasteiger partial charge in [0.1, 0.15) is 12.4 Å². The zero-order valence-electron chi connectivity index (χ0n) is 15.4. The van der Waals surface area contributed by atoms with Crippen LogP contribution in [0.4, 0.5) is 5.13 Å². The van der Waals surface area contributed by atoms with E-state index in [1.165, 1.54) is 4.70 Å². The smallest absolute Gasteiger partial charge is 0.191 e. The number of fused-ring (bicyclic) bond motifs is 1. The van der Waals surface area contributed by atoms with Gasteiger partial charge < -0.3 is 25.1 Å². The molecule has 0 amide bonds. The third-order valence-electron chi connectivity index (χ3n) is 3.79. The maximum atomic E-state index is 5.56. The Balaban J connectivity index is 1.25. The summed E-state index contributed by atoms with van der Waals surface area (Å²) in [6.07, 6.45) is 2.55. The Labute approximate surface area is 162 Å². The quantitative estimate of drug-likeness (QED) is 0.282. The minimum atomic E-state index is 0.511. The van der Waals surface area contributed by atoms with Crippen LogP contribution in [-0.4, -0.2) is 44.2 Å². The van der Waals surface area contributed by atoms with Gasteiger partial charge in [-0.25, -0.2) is 4.98 Å². The molecular weight excluding hydrogens is 362 g/mol. The van der Waals surface area contributed by atoms with Crippen LogP contribution in [-0.2, 0) is 11.3 Å². The highest BCUT2D eigenvalue weighted by Gasteiger charge is 2.02. The summed E-state index contributed by atoms with van der Waals surface area (Å²) in [6, 6.07) is 11.9. The lowest BCUT2D eigenvalue weighted by Crippen LogP contribution is -2.40. The third kappa shape index (κ3) is 6.26. The SMILES string of the molecule is CN=C(NCCCOCc1ccco1)NCCNc1nc2ccccc2s1. The first-order valence-corrected chi connectivity index (χ1v) is 9.81. The molecule has 0 saturated carbocycles. The first-order valence-electron chi connectivity index (χ1n) is 8.99. The molecule has 7 nitrogen and oxygen atoms in total. The highest BCUT2D eigenvalue weighted by atomic mass is 32.1. The first-order chi connectivity index (χ1) is 13.3. The molecule has 1 aromatic carbocycles. The third-order valence-corrected chi connectivity index (χ3v) is 4.79. The highest BCUT2D eigenvalue weighted by Crippen LogP contribution is 2.24. The Morgan fingerprint density at radius 2 is 2.04 bits per heavy atom. The second-order valence-corrected chi connectivity index (χ2v) is 6.86. The number of guanidine groups is 1. The van der Waals surface area contributed by atoms with Gasteiger partial charge in [-0.2, -0.15) is 0 Å². The van der Waals surface area contributed by atoms with Crippen molar-refractivity contribution in [3.63, 3.8) is 0 Å². The van der Waals surface area contributed by atoms with E-state index < -0.39 is 0 Å². The fraction of sp³-hybridized carbons (Fsp3) is 0.368. The summed E-state index contributed by atoms with van der Waals surface area (Å²) in [7, 11) is 1.77. The van der Waals surface area contributed by atoms with E-state index >= 15 is 0 Å². The molecule has 27 heavy (non-hydrogen) atoms. The molecule has 144 valence electrons. The van der Waals surface area contributed by atoms with Crippen molar-refractivity contribution in [2.75, 3.05) is 38.6 Å². The van der Waals surface area contributed by atoms with Crippen molar-refractivity contribution in [3.05, 3.63) is 48.4 Å². The van der Waals surface area contributed by atoms with Crippen molar-refractivity contribution in [2.24, 2.45) is 4.99 Å². The standard InChI is InChI=1S/C19H25N5O2S/c1-20-18(21-9-5-12-25-14-15-6-4-13-26-15)22-10-11-23-19-24-16-7-2-3-8-17(16)27-19/h2-4,6-8,13H,5,9-12,14H2,1H3,(H,23,24)(H2,20,21,22). The van der Waals surface area contributed by atoms with Gasteiger partial charge in [-0.1, -0.05) is 23.5 Å². The van der Waals surface area contributed by atoms with Gasteiger partial charge in [0.25, 0.3) is 0 Å². The molecule has 2 aromatic heterocycles. The second kappa shape index (κ2) is 10.5. The van der Waals surface area contributed by atoms with Crippen LogP contribution >= 0.6 is 11.3 Å². The molecule has 0 aliphatic carbocycles. The van der Waals surface area contributed by atoms with Crippen LogP contribution in [0.25, 0.3) is 10.2 Å². The highest BCUT2D eigenvalue weighted by molar-refractivity contribution is 7.22. The van der Waals surface area contributed by atoms with Gasteiger partial charge >= 0.3 is 0 Å². The predicted octanol–water partition coefficient (Wildman–Crippen LogP) is 3.07. The van der Waals surface area contributed by atoms with Gasteiger partial charge in [-0.15, -0.1) is 0 Å². The lowest BCUT2D eigenvalue weighted by Gasteiger charge is -2.12. The van der Waals surface area contributed by atoms with Gasteiger partial charge in [-0.05, 0) is 30.7 Å². The molecule has 2 heterocycles. The summed E-state index contributed by atoms with van der Waals surface area (Å²) in [5.74, 6) is 1.63. The van der Waals surface area contributed by atoms with Crippen molar-refractivity contribution in [1.82, 2.24) is 15.6 Å². The largest absolute Gasteiger partial charge is 0.467 e. The zero-order valence-corrected chi connectivity index (χ0v) is 16.2. The molecule has 3 N–H and O–H groups in total. The van der Waals surface area contributed by atoms with Gasteiger partial charge in [0.15, 0.2) is 11.1 Å². The number of hydrogen-bond donors (Lipinski definition) is 3. The summed E-state index contributed by atoms with van der Waals surface area (Å²) in [5, 5.41) is 10.8. The normalized spacial score (nSPS) is 11.7. The van der Waals surface area contributed by atoms with Crippen molar-refractivity contribution in [3.8, 4) is 0 Å². The van der Waals surface area contributed by atoms with Crippen LogP contribution in [0.2, 0.25) is 0 Å². The van der Waals surface area contributed by atoms with Crippen molar-refractivity contribution in [1.29, 1.82) is 0 Å². The van der Waals surface area contributed by atoms with Crippen LogP contribution < -0.4 is 16.0 Å². The number of thiazole rings is 1. The summed E-state index contributed by atoms with van der Waals surface area (Å²) >= 11 is 1.67. The molecular formula is C19H25N5O2S. The lowest BCUT2D eigenvalue weighted by molar-refractivity contribution is 0.105. The van der Waals surface area contributed by atoms with E-state index in [-0.39, 0.29) is 0 Å². The molecule has 0 fully saturated rings. The van der Waals surface area contributed by atoms with Gasteiger partial charge in [0.2, 0.25) is 0 Å². The number of benzene rings is 1. The number of aliphatic imine (C=N–C) groups is 1. The molecule has 0 radical (unpaired) electrons. The number of anilines is 1. The Morgan fingerprint density at radius 3 is 2.85 bits per heavy atom. The minimum absolute atomic E-state index is 0.511. The number of furan rings is 1. The van der Waals surface area contributed by atoms with Crippen LogP contribution in [0, 0.1) is 0 Å². The maximum absolute atomic E-state index is 5.56. The average Bonchev–Trinajstić information content (AvgIpc) is 3.35. The van der Waals surface area contributed by atoms with E-state index in [1.54, 1.807) is 24.6 Å². The summed E-state index contributed by atoms with van der Waals surface area (Å²) in [5.41, 5.74) is 1.03. The molecule has 0 saturated heterocycles. The fourth-order valence-corrected chi connectivity index (χ4v) is 3.36. The molecule has 8 heteroatoms. The maximum Gasteiger partial charge on any atom is 0.191 e. The van der Waals surface area contributed by atoms with E-state index in [1.807, 2.05) is 30.3 Å². The van der Waals surface area contributed by atoms with Gasteiger partial charge in [0, 0.05) is 33.3 Å². The molecule has 0 atom stereocenters. The zero-order chi connectivity index (χ0) is 18.7. The van der Waals surface area contributed by atoms with Crippen molar-refractivity contribution in [2.45, 2.75) is 13.0 Å².